The molecule has 1 fully saturated rings. The van der Waals surface area contributed by atoms with Crippen LogP contribution in [0.3, 0.4) is 0 Å². The lowest BCUT2D eigenvalue weighted by molar-refractivity contribution is -0.134. The van der Waals surface area contributed by atoms with Gasteiger partial charge in [0.15, 0.2) is 4.32 Å². The van der Waals surface area contributed by atoms with Crippen LogP contribution in [0.2, 0.25) is 0 Å². The zero-order valence-electron chi connectivity index (χ0n) is 11.9. The van der Waals surface area contributed by atoms with Crippen LogP contribution in [0.5, 0.6) is 0 Å². The summed E-state index contributed by atoms with van der Waals surface area (Å²) in [7, 11) is 0. The van der Waals surface area contributed by atoms with E-state index in [4.69, 9.17) is 0 Å². The van der Waals surface area contributed by atoms with Gasteiger partial charge in [-0.25, -0.2) is 4.79 Å². The van der Waals surface area contributed by atoms with Gasteiger partial charge in [-0.2, -0.15) is 0 Å². The quantitative estimate of drug-likeness (QED) is 0.611. The van der Waals surface area contributed by atoms with Crippen LogP contribution in [0.25, 0.3) is 0 Å². The van der Waals surface area contributed by atoms with E-state index in [0.29, 0.717) is 12.0 Å². The molecule has 0 aliphatic carbocycles. The molecule has 1 aromatic rings. The molecule has 1 saturated heterocycles. The first-order chi connectivity index (χ1) is 10.4. The lowest BCUT2D eigenvalue weighted by Gasteiger charge is -2.35. The number of nitrogens with one attached hydrogen (secondary N) is 2. The minimum absolute atomic E-state index is 0.0147. The van der Waals surface area contributed by atoms with Crippen molar-refractivity contribution in [2.24, 2.45) is 0 Å². The van der Waals surface area contributed by atoms with Gasteiger partial charge < -0.3 is 0 Å². The fourth-order valence-corrected chi connectivity index (χ4v) is 3.01. The number of halogens is 1. The van der Waals surface area contributed by atoms with Crippen molar-refractivity contribution in [3.63, 3.8) is 0 Å². The SMILES string of the molecule is CCC(=O)C[C@@H](c1ccccc1)C1(Br)C(=O)NC(=O)NC1=O. The number of carbonyl (C=O) groups excluding carboxylic acids is 4. The summed E-state index contributed by atoms with van der Waals surface area (Å²) in [5.74, 6) is -2.32. The van der Waals surface area contributed by atoms with Gasteiger partial charge in [-0.05, 0) is 5.56 Å². The number of carbonyl (C=O) groups is 4. The maximum Gasteiger partial charge on any atom is 0.328 e. The van der Waals surface area contributed by atoms with Crippen LogP contribution in [-0.4, -0.2) is 28.0 Å². The molecular formula is C15H15BrN2O4. The van der Waals surface area contributed by atoms with Crippen molar-refractivity contribution < 1.29 is 19.2 Å². The van der Waals surface area contributed by atoms with Crippen LogP contribution in [-0.2, 0) is 14.4 Å². The van der Waals surface area contributed by atoms with Crippen LogP contribution in [0.15, 0.2) is 30.3 Å². The predicted octanol–water partition coefficient (Wildman–Crippen LogP) is 1.64. The first-order valence-corrected chi connectivity index (χ1v) is 7.61. The third kappa shape index (κ3) is 2.94. The summed E-state index contributed by atoms with van der Waals surface area (Å²) in [6, 6.07) is 7.95. The van der Waals surface area contributed by atoms with E-state index in [1.807, 2.05) is 0 Å². The highest BCUT2D eigenvalue weighted by molar-refractivity contribution is 9.10. The molecule has 0 bridgehead atoms. The minimum Gasteiger partial charge on any atom is -0.300 e. The van der Waals surface area contributed by atoms with Crippen LogP contribution in [0.1, 0.15) is 31.2 Å². The molecule has 1 aromatic carbocycles. The molecule has 0 aromatic heterocycles. The second kappa shape index (κ2) is 6.39. The van der Waals surface area contributed by atoms with E-state index in [9.17, 15) is 19.2 Å². The fourth-order valence-electron chi connectivity index (χ4n) is 2.38. The van der Waals surface area contributed by atoms with E-state index < -0.39 is 28.1 Å². The van der Waals surface area contributed by atoms with Crippen LogP contribution < -0.4 is 10.6 Å². The maximum atomic E-state index is 12.3. The summed E-state index contributed by atoms with van der Waals surface area (Å²) >= 11 is 3.19. The van der Waals surface area contributed by atoms with Crippen molar-refractivity contribution in [1.82, 2.24) is 10.6 Å². The van der Waals surface area contributed by atoms with Crippen LogP contribution >= 0.6 is 15.9 Å². The lowest BCUT2D eigenvalue weighted by atomic mass is 9.80. The zero-order valence-corrected chi connectivity index (χ0v) is 13.5. The number of Topliss-reactive ketones (excluding diaryl/α,β-unsaturated/α-hetero) is 1. The molecule has 1 heterocycles. The van der Waals surface area contributed by atoms with Gasteiger partial charge in [-0.15, -0.1) is 0 Å². The number of amides is 4. The van der Waals surface area contributed by atoms with E-state index in [2.05, 4.69) is 26.6 Å². The van der Waals surface area contributed by atoms with Gasteiger partial charge in [0.25, 0.3) is 11.8 Å². The molecule has 4 amide bonds. The van der Waals surface area contributed by atoms with Gasteiger partial charge in [0.05, 0.1) is 0 Å². The van der Waals surface area contributed by atoms with Crippen molar-refractivity contribution in [1.29, 1.82) is 0 Å². The summed E-state index contributed by atoms with van der Waals surface area (Å²) < 4.78 is -1.70. The van der Waals surface area contributed by atoms with Crippen molar-refractivity contribution in [2.45, 2.75) is 30.0 Å². The van der Waals surface area contributed by atoms with Crippen LogP contribution in [0.4, 0.5) is 4.79 Å². The monoisotopic (exact) mass is 366 g/mol. The maximum absolute atomic E-state index is 12.3. The minimum atomic E-state index is -1.70. The average molecular weight is 367 g/mol. The Morgan fingerprint density at radius 3 is 2.18 bits per heavy atom. The molecular weight excluding hydrogens is 352 g/mol. The Kier molecular flexibility index (Phi) is 4.75. The molecule has 7 heteroatoms. The number of benzene rings is 1. The third-order valence-corrected chi connectivity index (χ3v) is 4.90. The second-order valence-electron chi connectivity index (χ2n) is 5.01. The van der Waals surface area contributed by atoms with Crippen molar-refractivity contribution in [3.8, 4) is 0 Å². The Balaban J connectivity index is 2.47. The van der Waals surface area contributed by atoms with Gasteiger partial charge in [0, 0.05) is 18.8 Å². The smallest absolute Gasteiger partial charge is 0.300 e. The number of ketones is 1. The molecule has 1 aliphatic rings. The molecule has 6 nitrogen and oxygen atoms in total. The average Bonchev–Trinajstić information content (AvgIpc) is 2.50. The third-order valence-electron chi connectivity index (χ3n) is 3.62. The normalized spacial score (nSPS) is 18.4. The largest absolute Gasteiger partial charge is 0.328 e. The Morgan fingerprint density at radius 2 is 1.68 bits per heavy atom. The first-order valence-electron chi connectivity index (χ1n) is 6.82. The van der Waals surface area contributed by atoms with Gasteiger partial charge in [0.1, 0.15) is 5.78 Å². The Hall–Kier alpha value is -2.02. The predicted molar refractivity (Wildman–Crippen MR) is 82.4 cm³/mol. The number of hydrogen-bond acceptors (Lipinski definition) is 4. The van der Waals surface area contributed by atoms with Gasteiger partial charge >= 0.3 is 6.03 Å². The molecule has 22 heavy (non-hydrogen) atoms. The van der Waals surface area contributed by atoms with Gasteiger partial charge in [-0.3, -0.25) is 25.0 Å². The van der Waals surface area contributed by atoms with E-state index >= 15 is 0 Å². The van der Waals surface area contributed by atoms with E-state index in [1.165, 1.54) is 0 Å². The zero-order chi connectivity index (χ0) is 16.3. The number of rotatable bonds is 5. The van der Waals surface area contributed by atoms with E-state index in [-0.39, 0.29) is 12.2 Å². The summed E-state index contributed by atoms with van der Waals surface area (Å²) in [5.41, 5.74) is 0.667. The molecule has 116 valence electrons. The van der Waals surface area contributed by atoms with Gasteiger partial charge in [-0.1, -0.05) is 53.2 Å². The highest BCUT2D eigenvalue weighted by Gasteiger charge is 2.54. The second-order valence-corrected chi connectivity index (χ2v) is 6.26. The number of urea groups is 1. The summed E-state index contributed by atoms with van der Waals surface area (Å²) in [5, 5.41) is 4.15. The summed E-state index contributed by atoms with van der Waals surface area (Å²) in [4.78, 5) is 47.7. The molecule has 1 aliphatic heterocycles. The molecule has 0 radical (unpaired) electrons. The molecule has 0 spiro atoms. The number of imide groups is 2. The molecule has 2 rings (SSSR count). The fraction of sp³-hybridized carbons (Fsp3) is 0.333. The number of alkyl halides is 1. The molecule has 0 unspecified atom stereocenters. The van der Waals surface area contributed by atoms with Crippen LogP contribution in [0, 0.1) is 0 Å². The highest BCUT2D eigenvalue weighted by Crippen LogP contribution is 2.40. The molecule has 2 N–H and O–H groups in total. The highest BCUT2D eigenvalue weighted by atomic mass is 79.9. The number of hydrogen-bond donors (Lipinski definition) is 2. The van der Waals surface area contributed by atoms with Crippen molar-refractivity contribution in [3.05, 3.63) is 35.9 Å². The van der Waals surface area contributed by atoms with Crippen molar-refractivity contribution >= 4 is 39.6 Å². The van der Waals surface area contributed by atoms with Crippen molar-refractivity contribution in [2.75, 3.05) is 0 Å². The molecule has 0 saturated carbocycles. The topological polar surface area (TPSA) is 92.3 Å². The Morgan fingerprint density at radius 1 is 1.14 bits per heavy atom. The van der Waals surface area contributed by atoms with E-state index in [1.54, 1.807) is 37.3 Å². The standard InChI is InChI=1S/C15H15BrN2O4/c1-2-10(19)8-11(9-6-4-3-5-7-9)15(16)12(20)17-14(22)18-13(15)21/h3-7,11H,2,8H2,1H3,(H2,17,18,20,21,22)/t11-/m0/s1. The first kappa shape index (κ1) is 16.4. The Bertz CT molecular complexity index is 610. The Labute approximate surface area is 135 Å². The molecule has 1 atom stereocenters. The van der Waals surface area contributed by atoms with Gasteiger partial charge in [0.2, 0.25) is 0 Å². The van der Waals surface area contributed by atoms with E-state index in [0.717, 1.165) is 0 Å². The summed E-state index contributed by atoms with van der Waals surface area (Å²) in [6.45, 7) is 1.72. The number of barbiturate groups is 1. The summed E-state index contributed by atoms with van der Waals surface area (Å²) in [6.07, 6.45) is 0.315. The lowest BCUT2D eigenvalue weighted by Crippen LogP contribution is -2.66.